The van der Waals surface area contributed by atoms with Crippen molar-refractivity contribution < 1.29 is 13.2 Å². The van der Waals surface area contributed by atoms with Crippen molar-refractivity contribution in [3.63, 3.8) is 0 Å². The van der Waals surface area contributed by atoms with Gasteiger partial charge in [-0.2, -0.15) is 0 Å². The van der Waals surface area contributed by atoms with Crippen LogP contribution in [0.3, 0.4) is 0 Å². The van der Waals surface area contributed by atoms with Crippen molar-refractivity contribution in [3.8, 4) is 0 Å². The van der Waals surface area contributed by atoms with Gasteiger partial charge in [-0.1, -0.05) is 59.1 Å². The number of hydrogen-bond donors (Lipinski definition) is 1. The zero-order chi connectivity index (χ0) is 21.0. The molecule has 156 valence electrons. The van der Waals surface area contributed by atoms with Gasteiger partial charge in [-0.25, -0.2) is 12.7 Å². The molecule has 0 aromatic heterocycles. The molecule has 0 unspecified atom stereocenters. The summed E-state index contributed by atoms with van der Waals surface area (Å²) in [6, 6.07) is 12.8. The molecule has 3 rings (SSSR count). The minimum Gasteiger partial charge on any atom is -0.352 e. The quantitative estimate of drug-likeness (QED) is 0.712. The van der Waals surface area contributed by atoms with Gasteiger partial charge in [0.2, 0.25) is 15.9 Å². The van der Waals surface area contributed by atoms with E-state index in [-0.39, 0.29) is 24.1 Å². The average molecular weight is 455 g/mol. The second-order valence-corrected chi connectivity index (χ2v) is 10.2. The molecule has 1 heterocycles. The first kappa shape index (κ1) is 22.1. The van der Waals surface area contributed by atoms with Crippen molar-refractivity contribution in [1.82, 2.24) is 9.62 Å². The normalized spacial score (nSPS) is 17.8. The Labute approximate surface area is 182 Å². The van der Waals surface area contributed by atoms with E-state index in [4.69, 9.17) is 23.2 Å². The molecule has 1 atom stereocenters. The van der Waals surface area contributed by atoms with Gasteiger partial charge >= 0.3 is 0 Å². The topological polar surface area (TPSA) is 66.5 Å². The Hall–Kier alpha value is -1.60. The summed E-state index contributed by atoms with van der Waals surface area (Å²) in [6.07, 6.45) is 1.34. The molecule has 8 heteroatoms. The lowest BCUT2D eigenvalue weighted by atomic mass is 9.98. The lowest BCUT2D eigenvalue weighted by molar-refractivity contribution is -0.126. The van der Waals surface area contributed by atoms with Crippen molar-refractivity contribution in [2.24, 2.45) is 5.92 Å². The molecular weight excluding hydrogens is 431 g/mol. The smallest absolute Gasteiger partial charge is 0.224 e. The Morgan fingerprint density at radius 3 is 2.48 bits per heavy atom. The van der Waals surface area contributed by atoms with Gasteiger partial charge in [0.25, 0.3) is 0 Å². The maximum absolute atomic E-state index is 12.8. The number of nitrogens with one attached hydrogen (secondary N) is 1. The van der Waals surface area contributed by atoms with Crippen molar-refractivity contribution >= 4 is 39.1 Å². The molecular formula is C21H24Cl2N2O3S. The summed E-state index contributed by atoms with van der Waals surface area (Å²) in [5.41, 5.74) is 2.75. The molecule has 0 bridgehead atoms. The van der Waals surface area contributed by atoms with Crippen LogP contribution in [0.4, 0.5) is 0 Å². The predicted molar refractivity (Wildman–Crippen MR) is 116 cm³/mol. The van der Waals surface area contributed by atoms with Crippen molar-refractivity contribution in [1.29, 1.82) is 0 Å². The molecule has 1 saturated heterocycles. The van der Waals surface area contributed by atoms with Gasteiger partial charge in [0.15, 0.2) is 0 Å². The van der Waals surface area contributed by atoms with Gasteiger partial charge in [0, 0.05) is 19.6 Å². The van der Waals surface area contributed by atoms with Gasteiger partial charge < -0.3 is 5.32 Å². The maximum atomic E-state index is 12.8. The molecule has 1 fully saturated rings. The van der Waals surface area contributed by atoms with Crippen LogP contribution in [0.1, 0.15) is 29.5 Å². The number of carbonyl (C=O) groups excluding carboxylic acids is 1. The Kier molecular flexibility index (Phi) is 7.22. The van der Waals surface area contributed by atoms with E-state index < -0.39 is 10.0 Å². The fraction of sp³-hybridized carbons (Fsp3) is 0.381. The molecule has 5 nitrogen and oxygen atoms in total. The molecule has 1 aliphatic rings. The summed E-state index contributed by atoms with van der Waals surface area (Å²) >= 11 is 11.9. The van der Waals surface area contributed by atoms with Gasteiger partial charge in [-0.3, -0.25) is 4.79 Å². The summed E-state index contributed by atoms with van der Waals surface area (Å²) in [5.74, 6) is -0.625. The first-order chi connectivity index (χ1) is 13.7. The standard InChI is InChI=1S/C21H24Cl2N2O3S/c1-15-4-6-16(7-5-15)12-24-21(26)18-3-2-10-25(13-18)29(27,28)14-17-8-9-19(22)20(23)11-17/h4-9,11,18H,2-3,10,12-14H2,1H3,(H,24,26)/t18-/m0/s1. The molecule has 1 amide bonds. The second-order valence-electron chi connectivity index (χ2n) is 7.41. The highest BCUT2D eigenvalue weighted by Gasteiger charge is 2.32. The summed E-state index contributed by atoms with van der Waals surface area (Å²) in [5, 5.41) is 3.64. The van der Waals surface area contributed by atoms with E-state index in [1.165, 1.54) is 4.31 Å². The molecule has 0 spiro atoms. The van der Waals surface area contributed by atoms with Crippen LogP contribution in [0.2, 0.25) is 10.0 Å². The fourth-order valence-electron chi connectivity index (χ4n) is 3.38. The monoisotopic (exact) mass is 454 g/mol. The SMILES string of the molecule is Cc1ccc(CNC(=O)[C@H]2CCCN(S(=O)(=O)Cc3ccc(Cl)c(Cl)c3)C2)cc1. The third kappa shape index (κ3) is 5.95. The first-order valence-electron chi connectivity index (χ1n) is 9.49. The number of piperidine rings is 1. The molecule has 1 N–H and O–H groups in total. The van der Waals surface area contributed by atoms with Crippen LogP contribution in [-0.2, 0) is 27.1 Å². The number of nitrogens with zero attached hydrogens (tertiary/aromatic N) is 1. The van der Waals surface area contributed by atoms with Gasteiger partial charge in [0.1, 0.15) is 0 Å². The van der Waals surface area contributed by atoms with Gasteiger partial charge in [-0.15, -0.1) is 0 Å². The van der Waals surface area contributed by atoms with Crippen molar-refractivity contribution in [2.45, 2.75) is 32.1 Å². The summed E-state index contributed by atoms with van der Waals surface area (Å²) in [7, 11) is -3.55. The highest BCUT2D eigenvalue weighted by atomic mass is 35.5. The van der Waals surface area contributed by atoms with Crippen LogP contribution in [0.15, 0.2) is 42.5 Å². The largest absolute Gasteiger partial charge is 0.352 e. The molecule has 0 saturated carbocycles. The number of benzene rings is 2. The maximum Gasteiger partial charge on any atom is 0.224 e. The lowest BCUT2D eigenvalue weighted by Gasteiger charge is -2.31. The lowest BCUT2D eigenvalue weighted by Crippen LogP contribution is -2.45. The van der Waals surface area contributed by atoms with Crippen LogP contribution in [0, 0.1) is 12.8 Å². The molecule has 29 heavy (non-hydrogen) atoms. The van der Waals surface area contributed by atoms with Crippen LogP contribution in [0.25, 0.3) is 0 Å². The molecule has 0 radical (unpaired) electrons. The number of carbonyl (C=O) groups is 1. The van der Waals surface area contributed by atoms with Gasteiger partial charge in [0.05, 0.1) is 21.7 Å². The zero-order valence-corrected chi connectivity index (χ0v) is 18.5. The van der Waals surface area contributed by atoms with Crippen LogP contribution >= 0.6 is 23.2 Å². The molecule has 2 aromatic carbocycles. The summed E-state index contributed by atoms with van der Waals surface area (Å²) < 4.78 is 27.1. The zero-order valence-electron chi connectivity index (χ0n) is 16.2. The number of aryl methyl sites for hydroxylation is 1. The molecule has 0 aliphatic carbocycles. The Bertz CT molecular complexity index is 978. The van der Waals surface area contributed by atoms with E-state index in [1.54, 1.807) is 18.2 Å². The summed E-state index contributed by atoms with van der Waals surface area (Å²) in [6.45, 7) is 3.07. The van der Waals surface area contributed by atoms with Crippen LogP contribution in [0.5, 0.6) is 0 Å². The van der Waals surface area contributed by atoms with E-state index in [9.17, 15) is 13.2 Å². The highest BCUT2D eigenvalue weighted by molar-refractivity contribution is 7.88. The third-order valence-electron chi connectivity index (χ3n) is 5.07. The van der Waals surface area contributed by atoms with E-state index in [2.05, 4.69) is 5.32 Å². The minimum atomic E-state index is -3.55. The van der Waals surface area contributed by atoms with Crippen LogP contribution < -0.4 is 5.32 Å². The first-order valence-corrected chi connectivity index (χ1v) is 11.9. The van der Waals surface area contributed by atoms with E-state index in [1.807, 2.05) is 31.2 Å². The predicted octanol–water partition coefficient (Wildman–Crippen LogP) is 4.16. The Morgan fingerprint density at radius 1 is 1.10 bits per heavy atom. The van der Waals surface area contributed by atoms with E-state index in [0.717, 1.165) is 11.1 Å². The minimum absolute atomic E-state index is 0.111. The number of hydrogen-bond acceptors (Lipinski definition) is 3. The Morgan fingerprint density at radius 2 is 1.79 bits per heavy atom. The number of rotatable bonds is 6. The number of amides is 1. The van der Waals surface area contributed by atoms with E-state index in [0.29, 0.717) is 41.5 Å². The molecule has 1 aliphatic heterocycles. The average Bonchev–Trinajstić information content (AvgIpc) is 2.70. The van der Waals surface area contributed by atoms with E-state index >= 15 is 0 Å². The third-order valence-corrected chi connectivity index (χ3v) is 7.62. The Balaban J connectivity index is 1.60. The van der Waals surface area contributed by atoms with Crippen molar-refractivity contribution in [2.75, 3.05) is 13.1 Å². The van der Waals surface area contributed by atoms with Crippen molar-refractivity contribution in [3.05, 3.63) is 69.2 Å². The summed E-state index contributed by atoms with van der Waals surface area (Å²) in [4.78, 5) is 12.6. The van der Waals surface area contributed by atoms with Gasteiger partial charge in [-0.05, 0) is 43.0 Å². The van der Waals surface area contributed by atoms with Crippen LogP contribution in [-0.4, -0.2) is 31.7 Å². The highest BCUT2D eigenvalue weighted by Crippen LogP contribution is 2.26. The number of sulfonamides is 1. The fourth-order valence-corrected chi connectivity index (χ4v) is 5.30. The molecule has 2 aromatic rings. The second kappa shape index (κ2) is 9.47. The number of halogens is 2.